The van der Waals surface area contributed by atoms with Gasteiger partial charge in [-0.25, -0.2) is 8.42 Å². The minimum atomic E-state index is -3.59. The van der Waals surface area contributed by atoms with E-state index in [0.29, 0.717) is 28.7 Å². The molecule has 230 valence electrons. The van der Waals surface area contributed by atoms with Crippen molar-refractivity contribution in [2.75, 3.05) is 49.7 Å². The fraction of sp³-hybridized carbons (Fsp3) is 0.433. The molecular weight excluding hydrogens is 590 g/mol. The summed E-state index contributed by atoms with van der Waals surface area (Å²) in [5.41, 5.74) is 7.46. The lowest BCUT2D eigenvalue weighted by atomic mass is 10.0. The fourth-order valence-electron chi connectivity index (χ4n) is 5.57. The highest BCUT2D eigenvalue weighted by Crippen LogP contribution is 2.35. The number of sulfone groups is 1. The maximum atomic E-state index is 13.3. The Morgan fingerprint density at radius 3 is 2.40 bits per heavy atom. The number of amides is 1. The third-order valence-electron chi connectivity index (χ3n) is 8.05. The van der Waals surface area contributed by atoms with E-state index in [4.69, 9.17) is 22.1 Å². The third-order valence-corrected chi connectivity index (χ3v) is 10.6. The molecule has 2 aliphatic heterocycles. The van der Waals surface area contributed by atoms with Gasteiger partial charge in [0.25, 0.3) is 5.91 Å². The average Bonchev–Trinajstić information content (AvgIpc) is 3.55. The SMILES string of the molecule is COc1cc(C(=O)N2CCC(N3CCCC3)CC2)ccc1Nc1nc(N)c(Cl)c(Nc2ccccc2S(=O)(=O)C(C)C)n1. The molecule has 3 aromatic rings. The Morgan fingerprint density at radius 2 is 1.72 bits per heavy atom. The molecule has 5 rings (SSSR count). The summed E-state index contributed by atoms with van der Waals surface area (Å²) in [7, 11) is -2.07. The maximum Gasteiger partial charge on any atom is 0.253 e. The molecule has 2 fully saturated rings. The first-order valence-corrected chi connectivity index (χ1v) is 16.4. The van der Waals surface area contributed by atoms with Crippen LogP contribution in [0.15, 0.2) is 47.4 Å². The molecule has 2 aromatic carbocycles. The zero-order valence-corrected chi connectivity index (χ0v) is 26.2. The predicted molar refractivity (Wildman–Crippen MR) is 170 cm³/mol. The first kappa shape index (κ1) is 30.8. The van der Waals surface area contributed by atoms with Crippen LogP contribution in [0.25, 0.3) is 0 Å². The van der Waals surface area contributed by atoms with E-state index in [1.165, 1.54) is 26.0 Å². The van der Waals surface area contributed by atoms with Crippen LogP contribution in [0.1, 0.15) is 49.9 Å². The summed E-state index contributed by atoms with van der Waals surface area (Å²) in [6.45, 7) is 7.03. The van der Waals surface area contributed by atoms with Crippen molar-refractivity contribution in [3.63, 3.8) is 0 Å². The van der Waals surface area contributed by atoms with Crippen LogP contribution in [0.2, 0.25) is 5.02 Å². The lowest BCUT2D eigenvalue weighted by molar-refractivity contribution is 0.0644. The number of nitrogens with two attached hydrogens (primary N) is 1. The second-order valence-corrected chi connectivity index (χ2v) is 14.0. The zero-order chi connectivity index (χ0) is 30.7. The largest absolute Gasteiger partial charge is 0.495 e. The summed E-state index contributed by atoms with van der Waals surface area (Å²) in [5, 5.41) is 5.52. The molecule has 0 unspecified atom stereocenters. The molecule has 2 saturated heterocycles. The highest BCUT2D eigenvalue weighted by molar-refractivity contribution is 7.92. The van der Waals surface area contributed by atoms with E-state index in [0.717, 1.165) is 39.0 Å². The Labute approximate surface area is 257 Å². The van der Waals surface area contributed by atoms with Crippen molar-refractivity contribution in [1.82, 2.24) is 19.8 Å². The lowest BCUT2D eigenvalue weighted by Gasteiger charge is -2.36. The molecular formula is C30H38ClN7O4S. The summed E-state index contributed by atoms with van der Waals surface area (Å²) in [6.07, 6.45) is 4.51. The van der Waals surface area contributed by atoms with Gasteiger partial charge >= 0.3 is 0 Å². The van der Waals surface area contributed by atoms with Crippen molar-refractivity contribution in [3.05, 3.63) is 53.1 Å². The van der Waals surface area contributed by atoms with E-state index in [9.17, 15) is 13.2 Å². The van der Waals surface area contributed by atoms with Gasteiger partial charge in [-0.05, 0) is 83.0 Å². The van der Waals surface area contributed by atoms with E-state index < -0.39 is 15.1 Å². The van der Waals surface area contributed by atoms with Crippen molar-refractivity contribution in [2.45, 2.75) is 55.7 Å². The van der Waals surface area contributed by atoms with Gasteiger partial charge < -0.3 is 30.9 Å². The highest BCUT2D eigenvalue weighted by Gasteiger charge is 2.29. The summed E-state index contributed by atoms with van der Waals surface area (Å²) < 4.78 is 31.5. The van der Waals surface area contributed by atoms with Crippen LogP contribution < -0.4 is 21.1 Å². The first-order chi connectivity index (χ1) is 20.6. The average molecular weight is 628 g/mol. The second-order valence-electron chi connectivity index (χ2n) is 11.1. The second kappa shape index (κ2) is 12.9. The number of methoxy groups -OCH3 is 1. The van der Waals surface area contributed by atoms with E-state index in [1.807, 2.05) is 4.90 Å². The number of benzene rings is 2. The normalized spacial score (nSPS) is 16.4. The molecule has 4 N–H and O–H groups in total. The summed E-state index contributed by atoms with van der Waals surface area (Å²) in [4.78, 5) is 26.6. The summed E-state index contributed by atoms with van der Waals surface area (Å²) >= 11 is 6.42. The molecule has 11 nitrogen and oxygen atoms in total. The van der Waals surface area contributed by atoms with Crippen molar-refractivity contribution < 1.29 is 17.9 Å². The number of nitrogens with one attached hydrogen (secondary N) is 2. The van der Waals surface area contributed by atoms with Gasteiger partial charge in [0.05, 0.1) is 28.6 Å². The van der Waals surface area contributed by atoms with Gasteiger partial charge in [-0.3, -0.25) is 4.79 Å². The topological polar surface area (TPSA) is 143 Å². The number of anilines is 5. The van der Waals surface area contributed by atoms with Crippen molar-refractivity contribution in [1.29, 1.82) is 0 Å². The number of aromatic nitrogens is 2. The van der Waals surface area contributed by atoms with Crippen LogP contribution in [0, 0.1) is 0 Å². The number of ether oxygens (including phenoxy) is 1. The number of para-hydroxylation sites is 1. The van der Waals surface area contributed by atoms with Gasteiger partial charge in [-0.1, -0.05) is 23.7 Å². The van der Waals surface area contributed by atoms with Crippen molar-refractivity contribution >= 4 is 56.3 Å². The number of carbonyl (C=O) groups excluding carboxylic acids is 1. The molecule has 0 saturated carbocycles. The van der Waals surface area contributed by atoms with Gasteiger partial charge in [-0.2, -0.15) is 9.97 Å². The van der Waals surface area contributed by atoms with Crippen LogP contribution in [-0.4, -0.2) is 78.7 Å². The molecule has 1 amide bonds. The van der Waals surface area contributed by atoms with E-state index in [1.54, 1.807) is 50.2 Å². The Kier molecular flexibility index (Phi) is 9.28. The maximum absolute atomic E-state index is 13.3. The smallest absolute Gasteiger partial charge is 0.253 e. The molecule has 2 aliphatic rings. The minimum absolute atomic E-state index is 0.00559. The molecule has 0 spiro atoms. The molecule has 13 heteroatoms. The highest BCUT2D eigenvalue weighted by atomic mass is 35.5. The lowest BCUT2D eigenvalue weighted by Crippen LogP contribution is -2.45. The molecule has 0 atom stereocenters. The van der Waals surface area contributed by atoms with Crippen LogP contribution in [-0.2, 0) is 9.84 Å². The molecule has 0 radical (unpaired) electrons. The minimum Gasteiger partial charge on any atom is -0.495 e. The number of hydrogen-bond donors (Lipinski definition) is 3. The Balaban J connectivity index is 1.33. The van der Waals surface area contributed by atoms with E-state index in [2.05, 4.69) is 25.5 Å². The van der Waals surface area contributed by atoms with Crippen molar-refractivity contribution in [2.24, 2.45) is 0 Å². The Hall–Kier alpha value is -3.61. The van der Waals surface area contributed by atoms with Gasteiger partial charge in [0.15, 0.2) is 15.7 Å². The molecule has 1 aromatic heterocycles. The van der Waals surface area contributed by atoms with Crippen LogP contribution in [0.4, 0.5) is 29.0 Å². The number of likely N-dealkylation sites (tertiary alicyclic amines) is 2. The number of halogens is 1. The van der Waals surface area contributed by atoms with Gasteiger partial charge in [0.2, 0.25) is 5.95 Å². The first-order valence-electron chi connectivity index (χ1n) is 14.5. The molecule has 0 aliphatic carbocycles. The molecule has 0 bridgehead atoms. The van der Waals surface area contributed by atoms with Crippen LogP contribution in [0.3, 0.4) is 0 Å². The fourth-order valence-corrected chi connectivity index (χ4v) is 6.91. The number of nitrogens with zero attached hydrogens (tertiary/aromatic N) is 4. The van der Waals surface area contributed by atoms with Gasteiger partial charge in [0, 0.05) is 24.7 Å². The van der Waals surface area contributed by atoms with Crippen LogP contribution in [0.5, 0.6) is 5.75 Å². The number of nitrogen functional groups attached to an aromatic ring is 1. The third kappa shape index (κ3) is 6.66. The number of hydrogen-bond acceptors (Lipinski definition) is 10. The van der Waals surface area contributed by atoms with Crippen molar-refractivity contribution in [3.8, 4) is 5.75 Å². The summed E-state index contributed by atoms with van der Waals surface area (Å²) in [5.74, 6) is 0.631. The number of carbonyl (C=O) groups is 1. The predicted octanol–water partition coefficient (Wildman–Crippen LogP) is 5.09. The summed E-state index contributed by atoms with van der Waals surface area (Å²) in [6, 6.07) is 12.3. The molecule has 3 heterocycles. The standard InChI is InChI=1S/C30H38ClN7O4S/c1-19(2)43(40,41)25-9-5-4-8-23(25)33-28-26(31)27(32)35-30(36-28)34-22-11-10-20(18-24(22)42-3)29(39)38-16-12-21(13-17-38)37-14-6-7-15-37/h4-5,8-11,18-19,21H,6-7,12-17H2,1-3H3,(H4,32,33,34,35,36). The molecule has 43 heavy (non-hydrogen) atoms. The van der Waals surface area contributed by atoms with Crippen LogP contribution >= 0.6 is 11.6 Å². The quantitative estimate of drug-likeness (QED) is 0.293. The monoisotopic (exact) mass is 627 g/mol. The van der Waals surface area contributed by atoms with Gasteiger partial charge in [0.1, 0.15) is 16.6 Å². The number of rotatable bonds is 9. The Morgan fingerprint density at radius 1 is 1.02 bits per heavy atom. The number of piperidine rings is 1. The van der Waals surface area contributed by atoms with Gasteiger partial charge in [-0.15, -0.1) is 0 Å². The Bertz CT molecular complexity index is 1590. The zero-order valence-electron chi connectivity index (χ0n) is 24.6. The van der Waals surface area contributed by atoms with E-state index >= 15 is 0 Å². The van der Waals surface area contributed by atoms with E-state index in [-0.39, 0.29) is 33.4 Å².